The maximum Gasteiger partial charge on any atom is 0.118 e. The molecule has 212 valence electrons. The second kappa shape index (κ2) is 14.3. The van der Waals surface area contributed by atoms with Gasteiger partial charge >= 0.3 is 0 Å². The molecule has 0 spiro atoms. The van der Waals surface area contributed by atoms with Crippen LogP contribution in [0.2, 0.25) is 0 Å². The highest BCUT2D eigenvalue weighted by atomic mass is 16.5. The molecule has 2 aromatic carbocycles. The second-order valence-corrected chi connectivity index (χ2v) is 11.3. The van der Waals surface area contributed by atoms with Crippen LogP contribution < -0.4 is 15.2 Å². The second-order valence-electron chi connectivity index (χ2n) is 11.3. The number of benzene rings is 2. The van der Waals surface area contributed by atoms with E-state index in [9.17, 15) is 10.2 Å². The highest BCUT2D eigenvalue weighted by Gasteiger charge is 2.39. The predicted molar refractivity (Wildman–Crippen MR) is 155 cm³/mol. The fourth-order valence-electron chi connectivity index (χ4n) is 6.18. The average Bonchev–Trinajstić information content (AvgIpc) is 2.93. The summed E-state index contributed by atoms with van der Waals surface area (Å²) in [5, 5.41) is 22.0. The molecule has 4 rings (SSSR count). The normalized spacial score (nSPS) is 23.1. The minimum Gasteiger partial charge on any atom is -0.497 e. The lowest BCUT2D eigenvalue weighted by atomic mass is 9.72. The first-order valence-corrected chi connectivity index (χ1v) is 13.9. The van der Waals surface area contributed by atoms with Gasteiger partial charge in [0.05, 0.1) is 33.5 Å². The fraction of sp³-hybridized carbons (Fsp3) is 0.625. The van der Waals surface area contributed by atoms with Crippen molar-refractivity contribution in [3.8, 4) is 11.5 Å². The van der Waals surface area contributed by atoms with Gasteiger partial charge in [-0.3, -0.25) is 0 Å². The maximum atomic E-state index is 11.1. The van der Waals surface area contributed by atoms with Crippen molar-refractivity contribution in [3.05, 3.63) is 59.7 Å². The van der Waals surface area contributed by atoms with Gasteiger partial charge in [0, 0.05) is 24.9 Å². The van der Waals surface area contributed by atoms with E-state index in [0.717, 1.165) is 75.5 Å². The molecular weight excluding hydrogens is 476 g/mol. The molecule has 2 atom stereocenters. The van der Waals surface area contributed by atoms with Crippen LogP contribution in [0.15, 0.2) is 48.5 Å². The zero-order valence-electron chi connectivity index (χ0n) is 29.0. The molecular formula is C32H50N2O4. The molecule has 2 aliphatic carbocycles. The Kier molecular flexibility index (Phi) is 8.54. The van der Waals surface area contributed by atoms with Crippen molar-refractivity contribution in [2.75, 3.05) is 41.3 Å². The minimum atomic E-state index is -2.45. The molecule has 6 nitrogen and oxygen atoms in total. The Hall–Kier alpha value is -2.12. The largest absolute Gasteiger partial charge is 0.497 e. The Morgan fingerprint density at radius 1 is 0.737 bits per heavy atom. The fourth-order valence-corrected chi connectivity index (χ4v) is 6.18. The Bertz CT molecular complexity index is 1130. The summed E-state index contributed by atoms with van der Waals surface area (Å²) < 4.78 is 52.5. The molecule has 0 saturated heterocycles. The van der Waals surface area contributed by atoms with Crippen LogP contribution in [0, 0.1) is 0 Å². The van der Waals surface area contributed by atoms with Crippen LogP contribution in [0.4, 0.5) is 0 Å². The lowest BCUT2D eigenvalue weighted by Gasteiger charge is -2.40. The van der Waals surface area contributed by atoms with Crippen molar-refractivity contribution in [2.45, 2.75) is 87.2 Å². The van der Waals surface area contributed by atoms with Crippen molar-refractivity contribution in [1.82, 2.24) is 4.90 Å². The van der Waals surface area contributed by atoms with Crippen LogP contribution in [0.1, 0.15) is 95.4 Å². The number of nitrogens with two attached hydrogens (primary N) is 1. The molecule has 0 amide bonds. The van der Waals surface area contributed by atoms with E-state index in [1.165, 1.54) is 6.42 Å². The highest BCUT2D eigenvalue weighted by Crippen LogP contribution is 2.41. The molecule has 4 N–H and O–H groups in total. The number of ether oxygens (including phenoxy) is 2. The summed E-state index contributed by atoms with van der Waals surface area (Å²) >= 11 is 0. The van der Waals surface area contributed by atoms with Gasteiger partial charge in [-0.05, 0) is 75.2 Å². The SMILES string of the molecule is [2H]C([2H])([2H])Oc1ccc(C(CN(C)C)C2(O)CCCCC2)cc1.[2H]C([2H])([2H])Oc1ccc(C(CN)C2(O)CCCCC2)cc1. The lowest BCUT2D eigenvalue weighted by molar-refractivity contribution is -0.0277. The summed E-state index contributed by atoms with van der Waals surface area (Å²) in [5.41, 5.74) is 6.40. The van der Waals surface area contributed by atoms with Gasteiger partial charge in [0.15, 0.2) is 0 Å². The monoisotopic (exact) mass is 532 g/mol. The third-order valence-corrected chi connectivity index (χ3v) is 8.32. The molecule has 38 heavy (non-hydrogen) atoms. The zero-order chi connectivity index (χ0) is 32.6. The molecule has 0 aromatic heterocycles. The van der Waals surface area contributed by atoms with Gasteiger partial charge in [0.25, 0.3) is 0 Å². The standard InChI is InChI=1S/C17H27NO2.C15H23NO2/c1-18(2)13-16(17(19)11-5-4-6-12-17)14-7-9-15(20-3)10-8-14;1-18-13-7-5-12(6-8-13)14(11-16)15(17)9-3-2-4-10-15/h7-10,16,19H,4-6,11-13H2,1-3H3;5-8,14,17H,2-4,9-11,16H2,1H3/i3D3;1D3. The summed E-state index contributed by atoms with van der Waals surface area (Å²) in [7, 11) is -0.876. The summed E-state index contributed by atoms with van der Waals surface area (Å²) in [6, 6.07) is 13.9. The van der Waals surface area contributed by atoms with E-state index in [1.54, 1.807) is 36.4 Å². The smallest absolute Gasteiger partial charge is 0.118 e. The van der Waals surface area contributed by atoms with E-state index < -0.39 is 25.3 Å². The molecule has 2 saturated carbocycles. The van der Waals surface area contributed by atoms with E-state index in [-0.39, 0.29) is 11.8 Å². The summed E-state index contributed by atoms with van der Waals surface area (Å²) in [4.78, 5) is 2.09. The van der Waals surface area contributed by atoms with Crippen LogP contribution in [0.25, 0.3) is 0 Å². The minimum absolute atomic E-state index is 0.0135. The van der Waals surface area contributed by atoms with Crippen LogP contribution >= 0.6 is 0 Å². The molecule has 2 fully saturated rings. The Morgan fingerprint density at radius 3 is 1.50 bits per heavy atom. The third-order valence-electron chi connectivity index (χ3n) is 8.32. The van der Waals surface area contributed by atoms with Crippen molar-refractivity contribution < 1.29 is 27.9 Å². The van der Waals surface area contributed by atoms with E-state index in [2.05, 4.69) is 4.90 Å². The van der Waals surface area contributed by atoms with Crippen LogP contribution in [-0.4, -0.2) is 67.6 Å². The van der Waals surface area contributed by atoms with Crippen LogP contribution in [-0.2, 0) is 0 Å². The Labute approximate surface area is 238 Å². The molecule has 2 unspecified atom stereocenters. The first-order chi connectivity index (χ1) is 20.5. The number of methoxy groups -OCH3 is 2. The third kappa shape index (κ3) is 7.95. The predicted octanol–water partition coefficient (Wildman–Crippen LogP) is 5.47. The summed E-state index contributed by atoms with van der Waals surface area (Å²) in [6.07, 6.45) is 9.66. The molecule has 2 aromatic rings. The topological polar surface area (TPSA) is 88.2 Å². The van der Waals surface area contributed by atoms with Gasteiger partial charge in [-0.15, -0.1) is 0 Å². The quantitative estimate of drug-likeness (QED) is 0.397. The summed E-state index contributed by atoms with van der Waals surface area (Å²) in [5.74, 6) is 0.511. The Balaban J connectivity index is 0.000000241. The van der Waals surface area contributed by atoms with Crippen LogP contribution in [0.3, 0.4) is 0 Å². The number of nitrogens with zero attached hydrogens (tertiary/aromatic N) is 1. The summed E-state index contributed by atoms with van der Waals surface area (Å²) in [6.45, 7) is 1.13. The number of aliphatic hydroxyl groups is 2. The molecule has 6 heteroatoms. The van der Waals surface area contributed by atoms with Gasteiger partial charge in [-0.25, -0.2) is 0 Å². The Morgan fingerprint density at radius 2 is 1.13 bits per heavy atom. The molecule has 0 radical (unpaired) electrons. The number of hydrogen-bond acceptors (Lipinski definition) is 6. The first-order valence-electron chi connectivity index (χ1n) is 16.9. The lowest BCUT2D eigenvalue weighted by Crippen LogP contribution is -2.42. The van der Waals surface area contributed by atoms with Crippen molar-refractivity contribution in [1.29, 1.82) is 0 Å². The van der Waals surface area contributed by atoms with E-state index in [4.69, 9.17) is 23.4 Å². The number of likely N-dealkylation sites (N-methyl/N-ethyl adjacent to an activating group) is 1. The average molecular weight is 533 g/mol. The van der Waals surface area contributed by atoms with Gasteiger partial charge in [0.2, 0.25) is 0 Å². The highest BCUT2D eigenvalue weighted by molar-refractivity contribution is 5.32. The van der Waals surface area contributed by atoms with Gasteiger partial charge in [-0.1, -0.05) is 62.8 Å². The van der Waals surface area contributed by atoms with E-state index in [0.29, 0.717) is 18.0 Å². The van der Waals surface area contributed by atoms with Crippen LogP contribution in [0.5, 0.6) is 11.5 Å². The van der Waals surface area contributed by atoms with E-state index in [1.807, 2.05) is 26.2 Å². The van der Waals surface area contributed by atoms with Crippen molar-refractivity contribution in [2.24, 2.45) is 5.73 Å². The van der Waals surface area contributed by atoms with Gasteiger partial charge < -0.3 is 30.3 Å². The molecule has 0 heterocycles. The molecule has 2 aliphatic rings. The molecule has 0 bridgehead atoms. The maximum absolute atomic E-state index is 11.1. The van der Waals surface area contributed by atoms with E-state index >= 15 is 0 Å². The molecule has 0 aliphatic heterocycles. The first kappa shape index (κ1) is 22.7. The van der Waals surface area contributed by atoms with Gasteiger partial charge in [0.1, 0.15) is 11.5 Å². The van der Waals surface area contributed by atoms with Gasteiger partial charge in [-0.2, -0.15) is 0 Å². The van der Waals surface area contributed by atoms with Crippen molar-refractivity contribution in [3.63, 3.8) is 0 Å². The number of hydrogen-bond donors (Lipinski definition) is 3. The van der Waals surface area contributed by atoms with Crippen molar-refractivity contribution >= 4 is 0 Å². The number of rotatable bonds is 9. The zero-order valence-corrected chi connectivity index (χ0v) is 23.0.